The lowest BCUT2D eigenvalue weighted by atomic mass is 10.1. The van der Waals surface area contributed by atoms with Gasteiger partial charge in [-0.1, -0.05) is 0 Å². The fourth-order valence-corrected chi connectivity index (χ4v) is 3.31. The average Bonchev–Trinajstić information content (AvgIpc) is 2.57. The highest BCUT2D eigenvalue weighted by Crippen LogP contribution is 2.47. The van der Waals surface area contributed by atoms with Crippen molar-refractivity contribution >= 4 is 0 Å². The van der Waals surface area contributed by atoms with E-state index in [1.807, 2.05) is 0 Å². The maximum Gasteiger partial charge on any atom is 0.0207 e. The Morgan fingerprint density at radius 3 is 2.36 bits per heavy atom. The number of rotatable bonds is 3. The molecule has 14 heavy (non-hydrogen) atoms. The molecule has 0 spiro atoms. The minimum atomic E-state index is 0.810. The molecule has 1 aliphatic carbocycles. The minimum absolute atomic E-state index is 0.810. The van der Waals surface area contributed by atoms with Gasteiger partial charge in [-0.3, -0.25) is 0 Å². The van der Waals surface area contributed by atoms with Gasteiger partial charge in [-0.2, -0.15) is 0 Å². The molecule has 3 rings (SSSR count). The third-order valence-electron chi connectivity index (χ3n) is 4.23. The van der Waals surface area contributed by atoms with E-state index in [0.717, 1.165) is 23.9 Å². The topological polar surface area (TPSA) is 18.5 Å². The Kier molecular flexibility index (Phi) is 2.08. The first-order valence-corrected chi connectivity index (χ1v) is 5.88. The van der Waals surface area contributed by atoms with Crippen molar-refractivity contribution in [3.63, 3.8) is 0 Å². The monoisotopic (exact) mass is 195 g/mol. The van der Waals surface area contributed by atoms with Gasteiger partial charge in [-0.15, -0.1) is 0 Å². The highest BCUT2D eigenvalue weighted by atomic mass is 15.3. The van der Waals surface area contributed by atoms with Gasteiger partial charge in [-0.25, -0.2) is 0 Å². The molecular formula is C11H21N3. The smallest absolute Gasteiger partial charge is 0.0207 e. The molecular weight excluding hydrogens is 174 g/mol. The average molecular weight is 195 g/mol. The normalized spacial score (nSPS) is 46.5. The molecule has 3 unspecified atom stereocenters. The van der Waals surface area contributed by atoms with Crippen LogP contribution in [0, 0.1) is 11.8 Å². The molecule has 0 amide bonds. The Morgan fingerprint density at radius 2 is 1.93 bits per heavy atom. The lowest BCUT2D eigenvalue weighted by molar-refractivity contribution is 0.202. The molecule has 3 heteroatoms. The predicted octanol–water partition coefficient (Wildman–Crippen LogP) is -0.160. The van der Waals surface area contributed by atoms with Gasteiger partial charge in [0.1, 0.15) is 0 Å². The fourth-order valence-electron chi connectivity index (χ4n) is 3.31. The van der Waals surface area contributed by atoms with Crippen LogP contribution in [0.2, 0.25) is 0 Å². The molecule has 2 heterocycles. The predicted molar refractivity (Wildman–Crippen MR) is 57.3 cm³/mol. The molecule has 0 aromatic carbocycles. The maximum atomic E-state index is 3.48. The van der Waals surface area contributed by atoms with Crippen molar-refractivity contribution in [2.45, 2.75) is 18.5 Å². The van der Waals surface area contributed by atoms with E-state index >= 15 is 0 Å². The third-order valence-corrected chi connectivity index (χ3v) is 4.23. The van der Waals surface area contributed by atoms with Crippen LogP contribution in [0.3, 0.4) is 0 Å². The molecule has 1 saturated carbocycles. The molecule has 3 nitrogen and oxygen atoms in total. The first-order chi connectivity index (χ1) is 6.75. The molecule has 2 aliphatic heterocycles. The number of nitrogens with zero attached hydrogens (tertiary/aromatic N) is 2. The molecule has 2 saturated heterocycles. The van der Waals surface area contributed by atoms with Crippen molar-refractivity contribution in [1.29, 1.82) is 0 Å². The molecule has 3 fully saturated rings. The van der Waals surface area contributed by atoms with E-state index in [4.69, 9.17) is 0 Å². The summed E-state index contributed by atoms with van der Waals surface area (Å²) >= 11 is 0. The molecule has 0 radical (unpaired) electrons. The quantitative estimate of drug-likeness (QED) is 0.675. The summed E-state index contributed by atoms with van der Waals surface area (Å²) in [5.41, 5.74) is 0. The van der Waals surface area contributed by atoms with Crippen molar-refractivity contribution in [3.05, 3.63) is 0 Å². The van der Waals surface area contributed by atoms with E-state index in [1.54, 1.807) is 0 Å². The van der Waals surface area contributed by atoms with E-state index < -0.39 is 0 Å². The van der Waals surface area contributed by atoms with Crippen LogP contribution in [0.25, 0.3) is 0 Å². The van der Waals surface area contributed by atoms with Crippen LogP contribution in [0.5, 0.6) is 0 Å². The Hall–Kier alpha value is -0.120. The molecule has 0 aromatic heterocycles. The SMILES string of the molecule is CN(C)C1C2CN(CC3CCN3)CC21. The summed E-state index contributed by atoms with van der Waals surface area (Å²) in [5.74, 6) is 1.98. The maximum absolute atomic E-state index is 3.48. The summed E-state index contributed by atoms with van der Waals surface area (Å²) in [4.78, 5) is 5.07. The molecule has 3 atom stereocenters. The van der Waals surface area contributed by atoms with E-state index in [-0.39, 0.29) is 0 Å². The first kappa shape index (κ1) is 9.13. The summed E-state index contributed by atoms with van der Waals surface area (Å²) in [6.45, 7) is 5.25. The standard InChI is InChI=1S/C11H21N3/c1-13(2)11-9-6-14(7-10(9)11)5-8-3-4-12-8/h8-12H,3-7H2,1-2H3. The highest BCUT2D eigenvalue weighted by Gasteiger charge is 2.56. The zero-order valence-corrected chi connectivity index (χ0v) is 9.24. The fraction of sp³-hybridized carbons (Fsp3) is 1.00. The second kappa shape index (κ2) is 3.19. The lowest BCUT2D eigenvalue weighted by Gasteiger charge is -2.32. The number of hydrogen-bond acceptors (Lipinski definition) is 3. The van der Waals surface area contributed by atoms with Crippen LogP contribution < -0.4 is 5.32 Å². The Morgan fingerprint density at radius 1 is 1.29 bits per heavy atom. The van der Waals surface area contributed by atoms with E-state index in [2.05, 4.69) is 29.2 Å². The summed E-state index contributed by atoms with van der Waals surface area (Å²) < 4.78 is 0. The summed E-state index contributed by atoms with van der Waals surface area (Å²) in [6, 6.07) is 1.71. The van der Waals surface area contributed by atoms with Crippen LogP contribution in [-0.2, 0) is 0 Å². The first-order valence-electron chi connectivity index (χ1n) is 5.88. The lowest BCUT2D eigenvalue weighted by Crippen LogP contribution is -2.50. The second-order valence-electron chi connectivity index (χ2n) is 5.44. The van der Waals surface area contributed by atoms with Gasteiger partial charge in [0.15, 0.2) is 0 Å². The Labute approximate surface area is 86.4 Å². The van der Waals surface area contributed by atoms with Gasteiger partial charge in [0.2, 0.25) is 0 Å². The van der Waals surface area contributed by atoms with Gasteiger partial charge in [0.25, 0.3) is 0 Å². The number of piperidine rings is 1. The summed E-state index contributed by atoms with van der Waals surface area (Å²) in [7, 11) is 4.45. The van der Waals surface area contributed by atoms with E-state index in [0.29, 0.717) is 0 Å². The molecule has 0 aromatic rings. The zero-order valence-electron chi connectivity index (χ0n) is 9.24. The minimum Gasteiger partial charge on any atom is -0.313 e. The van der Waals surface area contributed by atoms with Gasteiger partial charge in [0.05, 0.1) is 0 Å². The van der Waals surface area contributed by atoms with Gasteiger partial charge in [0, 0.05) is 31.7 Å². The molecule has 80 valence electrons. The van der Waals surface area contributed by atoms with Crippen molar-refractivity contribution < 1.29 is 0 Å². The molecule has 3 aliphatic rings. The number of nitrogens with one attached hydrogen (secondary N) is 1. The Bertz CT molecular complexity index is 213. The van der Waals surface area contributed by atoms with Crippen LogP contribution in [0.15, 0.2) is 0 Å². The van der Waals surface area contributed by atoms with Gasteiger partial charge < -0.3 is 15.1 Å². The summed E-state index contributed by atoms with van der Waals surface area (Å²) in [5, 5.41) is 3.48. The van der Waals surface area contributed by atoms with Gasteiger partial charge >= 0.3 is 0 Å². The number of likely N-dealkylation sites (tertiary alicyclic amines) is 1. The van der Waals surface area contributed by atoms with Crippen LogP contribution in [0.4, 0.5) is 0 Å². The number of fused-ring (bicyclic) bond motifs is 1. The summed E-state index contributed by atoms with van der Waals surface area (Å²) in [6.07, 6.45) is 1.39. The van der Waals surface area contributed by atoms with Crippen LogP contribution >= 0.6 is 0 Å². The second-order valence-corrected chi connectivity index (χ2v) is 5.44. The number of hydrogen-bond donors (Lipinski definition) is 1. The largest absolute Gasteiger partial charge is 0.313 e. The third kappa shape index (κ3) is 1.38. The van der Waals surface area contributed by atoms with Crippen molar-refractivity contribution in [3.8, 4) is 0 Å². The van der Waals surface area contributed by atoms with Gasteiger partial charge in [-0.05, 0) is 38.9 Å². The van der Waals surface area contributed by atoms with Crippen molar-refractivity contribution in [1.82, 2.24) is 15.1 Å². The Balaban J connectivity index is 1.46. The molecule has 1 N–H and O–H groups in total. The van der Waals surface area contributed by atoms with Crippen molar-refractivity contribution in [2.24, 2.45) is 11.8 Å². The molecule has 0 bridgehead atoms. The van der Waals surface area contributed by atoms with Crippen molar-refractivity contribution in [2.75, 3.05) is 40.3 Å². The highest BCUT2D eigenvalue weighted by molar-refractivity contribution is 5.10. The van der Waals surface area contributed by atoms with E-state index in [9.17, 15) is 0 Å². The van der Waals surface area contributed by atoms with E-state index in [1.165, 1.54) is 32.6 Å². The van der Waals surface area contributed by atoms with Crippen LogP contribution in [0.1, 0.15) is 6.42 Å². The van der Waals surface area contributed by atoms with Crippen LogP contribution in [-0.4, -0.2) is 62.2 Å². The zero-order chi connectivity index (χ0) is 9.71.